The van der Waals surface area contributed by atoms with Crippen molar-refractivity contribution >= 4 is 34.6 Å². The summed E-state index contributed by atoms with van der Waals surface area (Å²) in [5.74, 6) is 0.587. The number of hydrogen-bond donors (Lipinski definition) is 0. The molecule has 148 valence electrons. The SMILES string of the molecule is Cc1nc2sccn2c1C(=O)N1C[C@@H]2CN(C)[C@@H](c3cccc(F)c3)[C@@H]2C1.Cl. The van der Waals surface area contributed by atoms with Gasteiger partial charge in [0.2, 0.25) is 0 Å². The second-order valence-corrected chi connectivity index (χ2v) is 8.55. The largest absolute Gasteiger partial charge is 0.337 e. The Morgan fingerprint density at radius 3 is 2.89 bits per heavy atom. The van der Waals surface area contributed by atoms with Crippen LogP contribution in [0.3, 0.4) is 0 Å². The lowest BCUT2D eigenvalue weighted by molar-refractivity contribution is 0.0760. The maximum absolute atomic E-state index is 13.8. The molecule has 3 aromatic rings. The van der Waals surface area contributed by atoms with Gasteiger partial charge >= 0.3 is 0 Å². The molecule has 2 aliphatic heterocycles. The first-order valence-electron chi connectivity index (χ1n) is 9.20. The summed E-state index contributed by atoms with van der Waals surface area (Å²) in [7, 11) is 2.09. The number of hydrogen-bond acceptors (Lipinski definition) is 4. The van der Waals surface area contributed by atoms with Crippen molar-refractivity contribution in [2.75, 3.05) is 26.7 Å². The summed E-state index contributed by atoms with van der Waals surface area (Å²) in [5.41, 5.74) is 2.45. The number of likely N-dealkylation sites (tertiary alicyclic amines) is 2. The van der Waals surface area contributed by atoms with Crippen LogP contribution in [0.5, 0.6) is 0 Å². The van der Waals surface area contributed by atoms with Crippen molar-refractivity contribution in [2.24, 2.45) is 11.8 Å². The smallest absolute Gasteiger partial charge is 0.272 e. The van der Waals surface area contributed by atoms with Crippen molar-refractivity contribution in [3.8, 4) is 0 Å². The number of aromatic nitrogens is 2. The summed E-state index contributed by atoms with van der Waals surface area (Å²) < 4.78 is 15.6. The van der Waals surface area contributed by atoms with Gasteiger partial charge in [-0.15, -0.1) is 23.7 Å². The fraction of sp³-hybridized carbons (Fsp3) is 0.400. The minimum absolute atomic E-state index is 0. The van der Waals surface area contributed by atoms with Crippen LogP contribution in [0.2, 0.25) is 0 Å². The molecule has 4 heterocycles. The van der Waals surface area contributed by atoms with E-state index in [2.05, 4.69) is 16.9 Å². The third-order valence-corrected chi connectivity index (χ3v) is 6.77. The Bertz CT molecular complexity index is 1030. The molecule has 2 aromatic heterocycles. The fourth-order valence-corrected chi connectivity index (χ4v) is 5.68. The van der Waals surface area contributed by atoms with Crippen LogP contribution in [0.25, 0.3) is 4.96 Å². The Labute approximate surface area is 173 Å². The molecule has 0 bridgehead atoms. The summed E-state index contributed by atoms with van der Waals surface area (Å²) in [4.78, 5) is 22.9. The van der Waals surface area contributed by atoms with Gasteiger partial charge in [-0.05, 0) is 37.6 Å². The van der Waals surface area contributed by atoms with Crippen molar-refractivity contribution < 1.29 is 9.18 Å². The molecular weight excluding hydrogens is 399 g/mol. The van der Waals surface area contributed by atoms with Crippen LogP contribution in [-0.2, 0) is 0 Å². The molecule has 8 heteroatoms. The van der Waals surface area contributed by atoms with E-state index in [0.717, 1.165) is 29.3 Å². The number of fused-ring (bicyclic) bond motifs is 2. The van der Waals surface area contributed by atoms with Gasteiger partial charge in [0.1, 0.15) is 11.5 Å². The monoisotopic (exact) mass is 420 g/mol. The number of carbonyl (C=O) groups excluding carboxylic acids is 1. The molecular formula is C20H22ClFN4OS. The van der Waals surface area contributed by atoms with Gasteiger partial charge in [0.15, 0.2) is 4.96 Å². The Hall–Kier alpha value is -1.96. The number of halogens is 2. The average molecular weight is 421 g/mol. The highest BCUT2D eigenvalue weighted by Gasteiger charge is 2.47. The first-order valence-corrected chi connectivity index (χ1v) is 10.1. The lowest BCUT2D eigenvalue weighted by atomic mass is 9.89. The summed E-state index contributed by atoms with van der Waals surface area (Å²) >= 11 is 1.54. The topological polar surface area (TPSA) is 40.9 Å². The average Bonchev–Trinajstić information content (AvgIpc) is 3.34. The van der Waals surface area contributed by atoms with Gasteiger partial charge in [-0.2, -0.15) is 0 Å². The van der Waals surface area contributed by atoms with Crippen molar-refractivity contribution in [1.82, 2.24) is 19.2 Å². The van der Waals surface area contributed by atoms with E-state index < -0.39 is 0 Å². The Kier molecular flexibility index (Phi) is 4.93. The Balaban J connectivity index is 0.00000192. The first-order chi connectivity index (χ1) is 13.0. The summed E-state index contributed by atoms with van der Waals surface area (Å²) in [6.07, 6.45) is 1.91. The van der Waals surface area contributed by atoms with Crippen LogP contribution in [0.4, 0.5) is 4.39 Å². The second-order valence-electron chi connectivity index (χ2n) is 7.67. The molecule has 5 rings (SSSR count). The van der Waals surface area contributed by atoms with Gasteiger partial charge in [-0.25, -0.2) is 9.37 Å². The zero-order chi connectivity index (χ0) is 18.7. The number of thiazole rings is 1. The molecule has 0 N–H and O–H groups in total. The highest BCUT2D eigenvalue weighted by molar-refractivity contribution is 7.15. The second kappa shape index (κ2) is 7.13. The van der Waals surface area contributed by atoms with Crippen molar-refractivity contribution in [3.63, 3.8) is 0 Å². The zero-order valence-electron chi connectivity index (χ0n) is 15.7. The van der Waals surface area contributed by atoms with Gasteiger partial charge in [-0.1, -0.05) is 12.1 Å². The van der Waals surface area contributed by atoms with Crippen LogP contribution in [0.15, 0.2) is 35.8 Å². The maximum Gasteiger partial charge on any atom is 0.272 e. The highest BCUT2D eigenvalue weighted by Crippen LogP contribution is 2.44. The minimum Gasteiger partial charge on any atom is -0.337 e. The molecule has 0 aliphatic carbocycles. The zero-order valence-corrected chi connectivity index (χ0v) is 17.3. The van der Waals surface area contributed by atoms with Gasteiger partial charge in [0.25, 0.3) is 5.91 Å². The number of aryl methyl sites for hydroxylation is 1. The van der Waals surface area contributed by atoms with E-state index >= 15 is 0 Å². The standard InChI is InChI=1S/C20H21FN4OS.ClH/c1-12-17(25-6-7-27-20(25)22-12)19(26)24-10-14-9-23(2)18(16(14)11-24)13-4-3-5-15(21)8-13;/h3-8,14,16,18H,9-11H2,1-2H3;1H/t14-,16+,18-;/m0./s1. The third-order valence-electron chi connectivity index (χ3n) is 6.01. The van der Waals surface area contributed by atoms with E-state index in [1.807, 2.05) is 33.9 Å². The summed E-state index contributed by atoms with van der Waals surface area (Å²) in [6.45, 7) is 4.27. The molecule has 0 unspecified atom stereocenters. The lowest BCUT2D eigenvalue weighted by Crippen LogP contribution is -2.34. The van der Waals surface area contributed by atoms with Crippen LogP contribution < -0.4 is 0 Å². The highest BCUT2D eigenvalue weighted by atomic mass is 35.5. The van der Waals surface area contributed by atoms with Crippen LogP contribution in [0, 0.1) is 24.6 Å². The molecule has 0 saturated carbocycles. The Morgan fingerprint density at radius 1 is 1.29 bits per heavy atom. The molecule has 1 aromatic carbocycles. The maximum atomic E-state index is 13.8. The van der Waals surface area contributed by atoms with Crippen LogP contribution >= 0.6 is 23.7 Å². The number of benzene rings is 1. The summed E-state index contributed by atoms with van der Waals surface area (Å²) in [5, 5.41) is 1.95. The number of amides is 1. The van der Waals surface area contributed by atoms with E-state index in [0.29, 0.717) is 24.1 Å². The molecule has 28 heavy (non-hydrogen) atoms. The number of imidazole rings is 1. The van der Waals surface area contributed by atoms with Gasteiger partial charge in [-0.3, -0.25) is 14.1 Å². The molecule has 0 spiro atoms. The van der Waals surface area contributed by atoms with Gasteiger partial charge < -0.3 is 4.90 Å². The Morgan fingerprint density at radius 2 is 2.11 bits per heavy atom. The minimum atomic E-state index is -0.204. The van der Waals surface area contributed by atoms with Gasteiger partial charge in [0, 0.05) is 43.2 Å². The molecule has 1 amide bonds. The molecule has 2 aliphatic rings. The molecule has 0 radical (unpaired) electrons. The molecule has 2 fully saturated rings. The molecule has 5 nitrogen and oxygen atoms in total. The van der Waals surface area contributed by atoms with Crippen LogP contribution in [-0.4, -0.2) is 51.8 Å². The van der Waals surface area contributed by atoms with Crippen molar-refractivity contribution in [2.45, 2.75) is 13.0 Å². The molecule has 2 saturated heterocycles. The van der Waals surface area contributed by atoms with Gasteiger partial charge in [0.05, 0.1) is 5.69 Å². The van der Waals surface area contributed by atoms with Crippen molar-refractivity contribution in [1.29, 1.82) is 0 Å². The predicted octanol–water partition coefficient (Wildman–Crippen LogP) is 3.64. The van der Waals surface area contributed by atoms with Crippen molar-refractivity contribution in [3.05, 3.63) is 58.6 Å². The number of carbonyl (C=O) groups is 1. The predicted molar refractivity (Wildman–Crippen MR) is 110 cm³/mol. The quantitative estimate of drug-likeness (QED) is 0.635. The first kappa shape index (κ1) is 19.4. The van der Waals surface area contributed by atoms with E-state index in [-0.39, 0.29) is 30.2 Å². The van der Waals surface area contributed by atoms with E-state index in [1.165, 1.54) is 17.4 Å². The number of nitrogens with zero attached hydrogens (tertiary/aromatic N) is 4. The third kappa shape index (κ3) is 2.93. The van der Waals surface area contributed by atoms with Crippen LogP contribution in [0.1, 0.15) is 27.8 Å². The number of rotatable bonds is 2. The fourth-order valence-electron chi connectivity index (χ4n) is 4.92. The summed E-state index contributed by atoms with van der Waals surface area (Å²) in [6, 6.07) is 7.02. The lowest BCUT2D eigenvalue weighted by Gasteiger charge is -2.27. The van der Waals surface area contributed by atoms with E-state index in [1.54, 1.807) is 12.1 Å². The van der Waals surface area contributed by atoms with E-state index in [4.69, 9.17) is 0 Å². The molecule has 3 atom stereocenters. The normalized spacial score (nSPS) is 24.5. The van der Waals surface area contributed by atoms with E-state index in [9.17, 15) is 9.18 Å².